The molecule has 0 fully saturated rings. The van der Waals surface area contributed by atoms with Crippen LogP contribution in [0.2, 0.25) is 10.0 Å². The Morgan fingerprint density at radius 1 is 1.20 bits per heavy atom. The quantitative estimate of drug-likeness (QED) is 0.662. The lowest BCUT2D eigenvalue weighted by atomic mass is 10.2. The topological polar surface area (TPSA) is 59.1 Å². The molecule has 104 valence electrons. The minimum atomic E-state index is -0.427. The van der Waals surface area contributed by atoms with Crippen molar-refractivity contribution in [1.29, 1.82) is 5.41 Å². The summed E-state index contributed by atoms with van der Waals surface area (Å²) in [5.41, 5.74) is 6.06. The summed E-state index contributed by atoms with van der Waals surface area (Å²) in [6, 6.07) is 9.14. The monoisotopic (exact) mass is 312 g/mol. The van der Waals surface area contributed by atoms with Gasteiger partial charge in [0.2, 0.25) is 0 Å². The fraction of sp³-hybridized carbons (Fsp3) is 0.0714. The van der Waals surface area contributed by atoms with Gasteiger partial charge in [0.05, 0.1) is 10.0 Å². The van der Waals surface area contributed by atoms with Crippen LogP contribution in [0.15, 0.2) is 36.4 Å². The van der Waals surface area contributed by atoms with E-state index in [2.05, 4.69) is 0 Å². The van der Waals surface area contributed by atoms with E-state index in [1.54, 1.807) is 18.2 Å². The SMILES string of the molecule is N=C(N)c1ccc(OCc2c(F)cccc2Cl)cc1Cl. The maximum Gasteiger partial charge on any atom is 0.131 e. The van der Waals surface area contributed by atoms with E-state index in [0.29, 0.717) is 21.4 Å². The van der Waals surface area contributed by atoms with Gasteiger partial charge in [-0.05, 0) is 30.3 Å². The van der Waals surface area contributed by atoms with Crippen LogP contribution in [0.1, 0.15) is 11.1 Å². The Balaban J connectivity index is 2.16. The summed E-state index contributed by atoms with van der Waals surface area (Å²) >= 11 is 11.9. The highest BCUT2D eigenvalue weighted by Gasteiger charge is 2.09. The summed E-state index contributed by atoms with van der Waals surface area (Å²) in [5, 5.41) is 7.93. The second-order valence-electron chi connectivity index (χ2n) is 4.04. The van der Waals surface area contributed by atoms with Gasteiger partial charge in [-0.3, -0.25) is 5.41 Å². The molecular formula is C14H11Cl2FN2O. The normalized spacial score (nSPS) is 10.3. The molecular weight excluding hydrogens is 302 g/mol. The summed E-state index contributed by atoms with van der Waals surface area (Å²) in [5.74, 6) is -0.109. The molecule has 0 spiro atoms. The number of nitrogens with one attached hydrogen (secondary N) is 1. The number of hydrogen-bond donors (Lipinski definition) is 2. The van der Waals surface area contributed by atoms with E-state index >= 15 is 0 Å². The van der Waals surface area contributed by atoms with Gasteiger partial charge in [0.1, 0.15) is 24.0 Å². The van der Waals surface area contributed by atoms with Gasteiger partial charge in [-0.25, -0.2) is 4.39 Å². The molecule has 0 unspecified atom stereocenters. The third-order valence-corrected chi connectivity index (χ3v) is 3.34. The number of benzene rings is 2. The Bertz CT molecular complexity index is 641. The van der Waals surface area contributed by atoms with Crippen molar-refractivity contribution in [2.45, 2.75) is 6.61 Å². The van der Waals surface area contributed by atoms with Crippen LogP contribution in [-0.2, 0) is 6.61 Å². The zero-order chi connectivity index (χ0) is 14.7. The van der Waals surface area contributed by atoms with Crippen LogP contribution < -0.4 is 10.5 Å². The minimum Gasteiger partial charge on any atom is -0.489 e. The predicted molar refractivity (Wildman–Crippen MR) is 78.2 cm³/mol. The molecule has 0 aliphatic rings. The average molecular weight is 313 g/mol. The van der Waals surface area contributed by atoms with Gasteiger partial charge >= 0.3 is 0 Å². The zero-order valence-corrected chi connectivity index (χ0v) is 11.8. The first-order valence-electron chi connectivity index (χ1n) is 5.68. The number of nitrogen functional groups attached to an aromatic ring is 1. The number of halogens is 3. The van der Waals surface area contributed by atoms with Crippen molar-refractivity contribution >= 4 is 29.0 Å². The third-order valence-electron chi connectivity index (χ3n) is 2.68. The molecule has 2 aromatic rings. The molecule has 0 amide bonds. The number of amidine groups is 1. The maximum atomic E-state index is 13.6. The van der Waals surface area contributed by atoms with Crippen LogP contribution >= 0.6 is 23.2 Å². The smallest absolute Gasteiger partial charge is 0.131 e. The van der Waals surface area contributed by atoms with E-state index in [9.17, 15) is 4.39 Å². The molecule has 0 heterocycles. The van der Waals surface area contributed by atoms with Gasteiger partial charge in [0, 0.05) is 11.1 Å². The molecule has 0 saturated carbocycles. The van der Waals surface area contributed by atoms with Crippen LogP contribution in [0, 0.1) is 11.2 Å². The second-order valence-corrected chi connectivity index (χ2v) is 4.86. The van der Waals surface area contributed by atoms with Crippen molar-refractivity contribution in [3.8, 4) is 5.75 Å². The van der Waals surface area contributed by atoms with Crippen molar-refractivity contribution in [3.05, 3.63) is 63.4 Å². The number of rotatable bonds is 4. The minimum absolute atomic E-state index is 0.0126. The molecule has 0 saturated heterocycles. The van der Waals surface area contributed by atoms with E-state index in [1.807, 2.05) is 0 Å². The predicted octanol–water partition coefficient (Wildman–Crippen LogP) is 4.00. The van der Waals surface area contributed by atoms with Crippen molar-refractivity contribution in [3.63, 3.8) is 0 Å². The maximum absolute atomic E-state index is 13.6. The van der Waals surface area contributed by atoms with Crippen LogP contribution in [0.4, 0.5) is 4.39 Å². The molecule has 0 aliphatic carbocycles. The molecule has 6 heteroatoms. The highest BCUT2D eigenvalue weighted by Crippen LogP contribution is 2.25. The molecule has 0 atom stereocenters. The van der Waals surface area contributed by atoms with Crippen molar-refractivity contribution < 1.29 is 9.13 Å². The van der Waals surface area contributed by atoms with Crippen molar-refractivity contribution in [2.24, 2.45) is 5.73 Å². The van der Waals surface area contributed by atoms with Gasteiger partial charge in [0.25, 0.3) is 0 Å². The Hall–Kier alpha value is -1.78. The highest BCUT2D eigenvalue weighted by atomic mass is 35.5. The molecule has 2 aromatic carbocycles. The molecule has 0 aromatic heterocycles. The molecule has 0 radical (unpaired) electrons. The first-order valence-corrected chi connectivity index (χ1v) is 6.44. The second kappa shape index (κ2) is 6.11. The molecule has 0 aliphatic heterocycles. The van der Waals surface area contributed by atoms with Crippen LogP contribution in [-0.4, -0.2) is 5.84 Å². The lowest BCUT2D eigenvalue weighted by molar-refractivity contribution is 0.300. The fourth-order valence-corrected chi connectivity index (χ4v) is 2.12. The summed E-state index contributed by atoms with van der Waals surface area (Å²) in [7, 11) is 0. The van der Waals surface area contributed by atoms with Crippen molar-refractivity contribution in [1.82, 2.24) is 0 Å². The van der Waals surface area contributed by atoms with Crippen LogP contribution in [0.5, 0.6) is 5.75 Å². The average Bonchev–Trinajstić information content (AvgIpc) is 2.37. The number of nitrogens with two attached hydrogens (primary N) is 1. The summed E-state index contributed by atoms with van der Waals surface area (Å²) in [6.07, 6.45) is 0. The largest absolute Gasteiger partial charge is 0.489 e. The van der Waals surface area contributed by atoms with E-state index in [0.717, 1.165) is 0 Å². The first-order chi connectivity index (χ1) is 9.49. The van der Waals surface area contributed by atoms with Gasteiger partial charge in [0.15, 0.2) is 0 Å². The standard InChI is InChI=1S/C14H11Cl2FN2O/c15-11-2-1-3-13(17)10(11)7-20-8-4-5-9(14(18)19)12(16)6-8/h1-6H,7H2,(H3,18,19). The molecule has 0 bridgehead atoms. The zero-order valence-electron chi connectivity index (χ0n) is 10.3. The molecule has 3 N–H and O–H groups in total. The Morgan fingerprint density at radius 3 is 2.55 bits per heavy atom. The van der Waals surface area contributed by atoms with Crippen LogP contribution in [0.3, 0.4) is 0 Å². The van der Waals surface area contributed by atoms with E-state index in [-0.39, 0.29) is 18.0 Å². The fourth-order valence-electron chi connectivity index (χ4n) is 1.63. The van der Waals surface area contributed by atoms with E-state index < -0.39 is 5.82 Å². The summed E-state index contributed by atoms with van der Waals surface area (Å²) in [4.78, 5) is 0. The first kappa shape index (κ1) is 14.6. The van der Waals surface area contributed by atoms with E-state index in [1.165, 1.54) is 18.2 Å². The molecule has 2 rings (SSSR count). The van der Waals surface area contributed by atoms with Gasteiger partial charge < -0.3 is 10.5 Å². The van der Waals surface area contributed by atoms with Gasteiger partial charge in [-0.2, -0.15) is 0 Å². The molecule has 3 nitrogen and oxygen atoms in total. The lowest BCUT2D eigenvalue weighted by Gasteiger charge is -2.10. The van der Waals surface area contributed by atoms with Gasteiger partial charge in [-0.1, -0.05) is 29.3 Å². The molecule has 20 heavy (non-hydrogen) atoms. The Kier molecular flexibility index (Phi) is 4.47. The Labute approximate surface area is 125 Å². The summed E-state index contributed by atoms with van der Waals surface area (Å²) in [6.45, 7) is -0.0126. The van der Waals surface area contributed by atoms with Gasteiger partial charge in [-0.15, -0.1) is 0 Å². The van der Waals surface area contributed by atoms with Crippen LogP contribution in [0.25, 0.3) is 0 Å². The highest BCUT2D eigenvalue weighted by molar-refractivity contribution is 6.34. The number of hydrogen-bond acceptors (Lipinski definition) is 2. The number of ether oxygens (including phenoxy) is 1. The third kappa shape index (κ3) is 3.21. The van der Waals surface area contributed by atoms with Crippen molar-refractivity contribution in [2.75, 3.05) is 0 Å². The summed E-state index contributed by atoms with van der Waals surface area (Å²) < 4.78 is 19.0. The Morgan fingerprint density at radius 2 is 1.95 bits per heavy atom. The lowest BCUT2D eigenvalue weighted by Crippen LogP contribution is -2.11. The van der Waals surface area contributed by atoms with E-state index in [4.69, 9.17) is 39.1 Å².